The Morgan fingerprint density at radius 3 is 2.47 bits per heavy atom. The van der Waals surface area contributed by atoms with E-state index in [-0.39, 0.29) is 5.66 Å². The third-order valence-electron chi connectivity index (χ3n) is 3.03. The molecule has 1 aliphatic carbocycles. The van der Waals surface area contributed by atoms with Crippen LogP contribution in [0, 0.1) is 0 Å². The third-order valence-corrected chi connectivity index (χ3v) is 6.47. The van der Waals surface area contributed by atoms with Crippen LogP contribution in [0.4, 0.5) is 0 Å². The second-order valence-corrected chi connectivity index (χ2v) is 8.00. The second kappa shape index (κ2) is 8.58. The van der Waals surface area contributed by atoms with E-state index in [0.29, 0.717) is 13.2 Å². The average Bonchev–Trinajstić information content (AvgIpc) is 2.36. The topological polar surface area (TPSA) is 35.5 Å². The Morgan fingerprint density at radius 2 is 1.88 bits per heavy atom. The summed E-state index contributed by atoms with van der Waals surface area (Å²) in [7, 11) is -2.85. The summed E-state index contributed by atoms with van der Waals surface area (Å²) in [5, 5.41) is 0. The molecule has 0 radical (unpaired) electrons. The van der Waals surface area contributed by atoms with Crippen molar-refractivity contribution in [3.05, 3.63) is 0 Å². The summed E-state index contributed by atoms with van der Waals surface area (Å²) in [5.74, 6) is 1.98. The number of hydrogen-bond donors (Lipinski definition) is 0. The zero-order valence-corrected chi connectivity index (χ0v) is 12.7. The highest BCUT2D eigenvalue weighted by atomic mass is 32.2. The lowest BCUT2D eigenvalue weighted by molar-refractivity contribution is 0.206. The summed E-state index contributed by atoms with van der Waals surface area (Å²) >= 11 is 1.81. The maximum atomic E-state index is 12.7. The third kappa shape index (κ3) is 5.34. The lowest BCUT2D eigenvalue weighted by Crippen LogP contribution is -2.17. The minimum absolute atomic E-state index is 0.142. The van der Waals surface area contributed by atoms with Crippen LogP contribution in [0.25, 0.3) is 0 Å². The Bertz CT molecular complexity index is 242. The number of thioether (sulfide) groups is 1. The predicted molar refractivity (Wildman–Crippen MR) is 75.1 cm³/mol. The fourth-order valence-electron chi connectivity index (χ4n) is 2.19. The van der Waals surface area contributed by atoms with E-state index in [1.54, 1.807) is 0 Å². The zero-order valence-electron chi connectivity index (χ0n) is 11.0. The highest BCUT2D eigenvalue weighted by Crippen LogP contribution is 2.57. The van der Waals surface area contributed by atoms with Crippen molar-refractivity contribution >= 4 is 19.4 Å². The predicted octanol–water partition coefficient (Wildman–Crippen LogP) is 4.32. The lowest BCUT2D eigenvalue weighted by Gasteiger charge is -2.29. The molecule has 0 aromatic carbocycles. The Labute approximate surface area is 110 Å². The van der Waals surface area contributed by atoms with Gasteiger partial charge in [0.2, 0.25) is 0 Å². The summed E-state index contributed by atoms with van der Waals surface area (Å²) in [5.41, 5.74) is 0.142. The molecule has 0 aliphatic heterocycles. The van der Waals surface area contributed by atoms with Crippen LogP contribution in [0.2, 0.25) is 0 Å². The Balaban J connectivity index is 2.45. The molecule has 0 aromatic heterocycles. The molecule has 1 unspecified atom stereocenters. The van der Waals surface area contributed by atoms with Crippen LogP contribution >= 0.6 is 19.4 Å². The van der Waals surface area contributed by atoms with Crippen LogP contribution in [-0.4, -0.2) is 30.4 Å². The molecule has 5 heteroatoms. The molecule has 3 nitrogen and oxygen atoms in total. The SMILES string of the molecule is CCOP(=O)(OCCSCC)C1CCCCC1. The van der Waals surface area contributed by atoms with Crippen LogP contribution in [0.15, 0.2) is 0 Å². The second-order valence-electron chi connectivity index (χ2n) is 4.28. The summed E-state index contributed by atoms with van der Waals surface area (Å²) in [6, 6.07) is 0. The van der Waals surface area contributed by atoms with Crippen LogP contribution in [0.3, 0.4) is 0 Å². The zero-order chi connectivity index (χ0) is 12.6. The maximum Gasteiger partial charge on any atom is 0.333 e. The van der Waals surface area contributed by atoms with E-state index >= 15 is 0 Å². The summed E-state index contributed by atoms with van der Waals surface area (Å²) in [6.07, 6.45) is 5.58. The van der Waals surface area contributed by atoms with Crippen molar-refractivity contribution in [2.45, 2.75) is 51.6 Å². The van der Waals surface area contributed by atoms with Gasteiger partial charge in [-0.2, -0.15) is 11.8 Å². The van der Waals surface area contributed by atoms with E-state index in [2.05, 4.69) is 6.92 Å². The van der Waals surface area contributed by atoms with Crippen LogP contribution in [0.1, 0.15) is 46.0 Å². The van der Waals surface area contributed by atoms with Crippen molar-refractivity contribution in [2.24, 2.45) is 0 Å². The van der Waals surface area contributed by atoms with Gasteiger partial charge >= 0.3 is 7.60 Å². The van der Waals surface area contributed by atoms with E-state index < -0.39 is 7.60 Å². The molecule has 0 amide bonds. The van der Waals surface area contributed by atoms with E-state index in [4.69, 9.17) is 9.05 Å². The van der Waals surface area contributed by atoms with Gasteiger partial charge in [0, 0.05) is 5.75 Å². The molecule has 0 heterocycles. The molecule has 17 heavy (non-hydrogen) atoms. The van der Waals surface area contributed by atoms with Crippen molar-refractivity contribution in [3.63, 3.8) is 0 Å². The van der Waals surface area contributed by atoms with Gasteiger partial charge in [-0.25, -0.2) is 0 Å². The molecule has 1 aliphatic rings. The van der Waals surface area contributed by atoms with E-state index in [0.717, 1.165) is 37.2 Å². The standard InChI is InChI=1S/C12H25O3PS/c1-3-14-16(13,15-10-11-17-4-2)12-8-6-5-7-9-12/h12H,3-11H2,1-2H3. The summed E-state index contributed by atoms with van der Waals surface area (Å²) in [6.45, 7) is 5.04. The molecule has 0 saturated heterocycles. The minimum atomic E-state index is -2.85. The summed E-state index contributed by atoms with van der Waals surface area (Å²) in [4.78, 5) is 0. The van der Waals surface area contributed by atoms with Crippen molar-refractivity contribution in [1.82, 2.24) is 0 Å². The molecule has 0 spiro atoms. The number of rotatable bonds is 8. The van der Waals surface area contributed by atoms with E-state index in [1.165, 1.54) is 6.42 Å². The first kappa shape index (κ1) is 15.6. The lowest BCUT2D eigenvalue weighted by atomic mass is 10.0. The first-order chi connectivity index (χ1) is 8.23. The van der Waals surface area contributed by atoms with E-state index in [9.17, 15) is 4.57 Å². The van der Waals surface area contributed by atoms with Gasteiger partial charge in [0.25, 0.3) is 0 Å². The fraction of sp³-hybridized carbons (Fsp3) is 1.00. The van der Waals surface area contributed by atoms with Gasteiger partial charge in [-0.15, -0.1) is 0 Å². The highest BCUT2D eigenvalue weighted by molar-refractivity contribution is 7.99. The molecule has 102 valence electrons. The fourth-order valence-corrected chi connectivity index (χ4v) is 5.01. The van der Waals surface area contributed by atoms with Gasteiger partial charge in [0.15, 0.2) is 0 Å². The quantitative estimate of drug-likeness (QED) is 0.490. The van der Waals surface area contributed by atoms with Crippen molar-refractivity contribution in [3.8, 4) is 0 Å². The Hall–Kier alpha value is 0.500. The van der Waals surface area contributed by atoms with Gasteiger partial charge in [-0.1, -0.05) is 26.2 Å². The highest BCUT2D eigenvalue weighted by Gasteiger charge is 2.36. The Kier molecular flexibility index (Phi) is 7.85. The van der Waals surface area contributed by atoms with Crippen LogP contribution in [0.5, 0.6) is 0 Å². The smallest absolute Gasteiger partial charge is 0.309 e. The van der Waals surface area contributed by atoms with Crippen LogP contribution < -0.4 is 0 Å². The minimum Gasteiger partial charge on any atom is -0.309 e. The van der Waals surface area contributed by atoms with Crippen LogP contribution in [-0.2, 0) is 13.6 Å². The normalized spacial score (nSPS) is 21.3. The van der Waals surface area contributed by atoms with Gasteiger partial charge in [0.05, 0.1) is 18.9 Å². The van der Waals surface area contributed by atoms with Gasteiger partial charge in [-0.3, -0.25) is 4.57 Å². The van der Waals surface area contributed by atoms with Crippen molar-refractivity contribution < 1.29 is 13.6 Å². The van der Waals surface area contributed by atoms with Crippen molar-refractivity contribution in [2.75, 3.05) is 24.7 Å². The van der Waals surface area contributed by atoms with Crippen molar-refractivity contribution in [1.29, 1.82) is 0 Å². The largest absolute Gasteiger partial charge is 0.333 e. The monoisotopic (exact) mass is 280 g/mol. The average molecular weight is 280 g/mol. The molecule has 0 aromatic rings. The molecule has 1 saturated carbocycles. The molecule has 0 bridgehead atoms. The van der Waals surface area contributed by atoms with Gasteiger partial charge in [0.1, 0.15) is 0 Å². The Morgan fingerprint density at radius 1 is 1.18 bits per heavy atom. The first-order valence-electron chi connectivity index (χ1n) is 6.69. The maximum absolute atomic E-state index is 12.7. The van der Waals surface area contributed by atoms with Gasteiger partial charge < -0.3 is 9.05 Å². The molecule has 0 N–H and O–H groups in total. The first-order valence-corrected chi connectivity index (χ1v) is 9.46. The molecule has 1 rings (SSSR count). The van der Waals surface area contributed by atoms with E-state index in [1.807, 2.05) is 18.7 Å². The number of hydrogen-bond acceptors (Lipinski definition) is 4. The molecule has 1 atom stereocenters. The summed E-state index contributed by atoms with van der Waals surface area (Å²) < 4.78 is 23.8. The molecular weight excluding hydrogens is 255 g/mol. The molecular formula is C12H25O3PS. The molecule has 1 fully saturated rings. The van der Waals surface area contributed by atoms with Gasteiger partial charge in [-0.05, 0) is 25.5 Å².